The minimum atomic E-state index is 0.215. The monoisotopic (exact) mass is 289 g/mol. The summed E-state index contributed by atoms with van der Waals surface area (Å²) in [5.74, 6) is 0.597. The molecule has 1 amide bonds. The lowest BCUT2D eigenvalue weighted by atomic mass is 9.97. The van der Waals surface area contributed by atoms with Gasteiger partial charge in [-0.25, -0.2) is 0 Å². The van der Waals surface area contributed by atoms with Crippen molar-refractivity contribution in [3.05, 3.63) is 35.4 Å². The van der Waals surface area contributed by atoms with Gasteiger partial charge in [0.25, 0.3) is 0 Å². The van der Waals surface area contributed by atoms with E-state index in [0.717, 1.165) is 37.9 Å². The van der Waals surface area contributed by atoms with E-state index >= 15 is 0 Å². The second-order valence-corrected chi connectivity index (χ2v) is 6.10. The predicted octanol–water partition coefficient (Wildman–Crippen LogP) is 2.80. The summed E-state index contributed by atoms with van der Waals surface area (Å²) >= 11 is 0. The molecule has 3 nitrogen and oxygen atoms in total. The van der Waals surface area contributed by atoms with Crippen LogP contribution in [0.4, 0.5) is 0 Å². The minimum absolute atomic E-state index is 0.215. The average molecular weight is 289 g/mol. The Balaban J connectivity index is 1.82. The Labute approximate surface area is 128 Å². The van der Waals surface area contributed by atoms with Crippen molar-refractivity contribution in [2.24, 2.45) is 5.92 Å². The molecule has 0 bridgehead atoms. The number of aryl methyl sites for hydroxylation is 1. The van der Waals surface area contributed by atoms with Gasteiger partial charge in [0.05, 0.1) is 6.42 Å². The SMILES string of the molecule is CCCCc1ccc(CC(=O)N2CCC(CO)CC2)cc1. The van der Waals surface area contributed by atoms with Gasteiger partial charge in [0.15, 0.2) is 0 Å². The van der Waals surface area contributed by atoms with Crippen molar-refractivity contribution in [2.45, 2.75) is 45.4 Å². The average Bonchev–Trinajstić information content (AvgIpc) is 2.54. The first-order chi connectivity index (χ1) is 10.2. The van der Waals surface area contributed by atoms with Gasteiger partial charge < -0.3 is 10.0 Å². The lowest BCUT2D eigenvalue weighted by molar-refractivity contribution is -0.132. The first-order valence-electron chi connectivity index (χ1n) is 8.19. The maximum Gasteiger partial charge on any atom is 0.226 e. The van der Waals surface area contributed by atoms with Crippen LogP contribution >= 0.6 is 0 Å². The molecule has 0 aliphatic carbocycles. The summed E-state index contributed by atoms with van der Waals surface area (Å²) in [6, 6.07) is 8.47. The summed E-state index contributed by atoms with van der Waals surface area (Å²) < 4.78 is 0. The Morgan fingerprint density at radius 1 is 1.19 bits per heavy atom. The van der Waals surface area contributed by atoms with E-state index in [4.69, 9.17) is 5.11 Å². The van der Waals surface area contributed by atoms with Gasteiger partial charge in [-0.3, -0.25) is 4.79 Å². The van der Waals surface area contributed by atoms with E-state index < -0.39 is 0 Å². The Bertz CT molecular complexity index is 433. The van der Waals surface area contributed by atoms with Crippen LogP contribution in [-0.4, -0.2) is 35.6 Å². The van der Waals surface area contributed by atoms with Crippen LogP contribution in [0.15, 0.2) is 24.3 Å². The molecule has 3 heteroatoms. The highest BCUT2D eigenvalue weighted by atomic mass is 16.3. The summed E-state index contributed by atoms with van der Waals surface area (Å²) in [6.45, 7) is 4.03. The van der Waals surface area contributed by atoms with Crippen LogP contribution in [0.2, 0.25) is 0 Å². The zero-order chi connectivity index (χ0) is 15.1. The first kappa shape index (κ1) is 16.0. The van der Waals surface area contributed by atoms with Gasteiger partial charge in [-0.15, -0.1) is 0 Å². The van der Waals surface area contributed by atoms with Crippen LogP contribution in [0, 0.1) is 5.92 Å². The normalized spacial score (nSPS) is 16.2. The topological polar surface area (TPSA) is 40.5 Å². The summed E-state index contributed by atoms with van der Waals surface area (Å²) in [5.41, 5.74) is 2.46. The van der Waals surface area contributed by atoms with Crippen molar-refractivity contribution >= 4 is 5.91 Å². The Hall–Kier alpha value is -1.35. The largest absolute Gasteiger partial charge is 0.396 e. The highest BCUT2D eigenvalue weighted by molar-refractivity contribution is 5.78. The van der Waals surface area contributed by atoms with E-state index in [1.54, 1.807) is 0 Å². The number of piperidine rings is 1. The molecule has 1 aromatic rings. The quantitative estimate of drug-likeness (QED) is 0.875. The number of aliphatic hydroxyl groups excluding tert-OH is 1. The second-order valence-electron chi connectivity index (χ2n) is 6.10. The second kappa shape index (κ2) is 8.18. The van der Waals surface area contributed by atoms with Crippen LogP contribution in [0.5, 0.6) is 0 Å². The van der Waals surface area contributed by atoms with E-state index in [2.05, 4.69) is 31.2 Å². The van der Waals surface area contributed by atoms with E-state index in [9.17, 15) is 4.79 Å². The van der Waals surface area contributed by atoms with Gasteiger partial charge in [0.2, 0.25) is 5.91 Å². The smallest absolute Gasteiger partial charge is 0.226 e. The fourth-order valence-electron chi connectivity index (χ4n) is 2.86. The lowest BCUT2D eigenvalue weighted by Gasteiger charge is -2.31. The number of carbonyl (C=O) groups is 1. The van der Waals surface area contributed by atoms with Gasteiger partial charge in [-0.05, 0) is 42.7 Å². The van der Waals surface area contributed by atoms with Crippen LogP contribution in [0.3, 0.4) is 0 Å². The van der Waals surface area contributed by atoms with Crippen molar-refractivity contribution in [3.63, 3.8) is 0 Å². The number of unbranched alkanes of at least 4 members (excludes halogenated alkanes) is 1. The Morgan fingerprint density at radius 2 is 1.81 bits per heavy atom. The molecule has 1 heterocycles. The fourth-order valence-corrected chi connectivity index (χ4v) is 2.86. The van der Waals surface area contributed by atoms with Crippen LogP contribution in [-0.2, 0) is 17.6 Å². The molecule has 0 radical (unpaired) electrons. The van der Waals surface area contributed by atoms with Crippen molar-refractivity contribution in [1.82, 2.24) is 4.90 Å². The molecule has 2 rings (SSSR count). The van der Waals surface area contributed by atoms with Crippen LogP contribution in [0.25, 0.3) is 0 Å². The Morgan fingerprint density at radius 3 is 2.38 bits per heavy atom. The third-order valence-electron chi connectivity index (χ3n) is 4.42. The maximum absolute atomic E-state index is 12.3. The molecule has 0 atom stereocenters. The molecule has 1 saturated heterocycles. The van der Waals surface area contributed by atoms with Crippen molar-refractivity contribution in [3.8, 4) is 0 Å². The number of amides is 1. The Kier molecular flexibility index (Phi) is 6.24. The molecule has 0 saturated carbocycles. The number of nitrogens with zero attached hydrogens (tertiary/aromatic N) is 1. The molecule has 21 heavy (non-hydrogen) atoms. The minimum Gasteiger partial charge on any atom is -0.396 e. The standard InChI is InChI=1S/C18H27NO2/c1-2-3-4-15-5-7-16(8-6-15)13-18(21)19-11-9-17(14-20)10-12-19/h5-8,17,20H,2-4,9-14H2,1H3. The van der Waals surface area contributed by atoms with Gasteiger partial charge in [0.1, 0.15) is 0 Å². The number of aliphatic hydroxyl groups is 1. The summed E-state index contributed by atoms with van der Waals surface area (Å²) in [5, 5.41) is 9.14. The number of carbonyl (C=O) groups excluding carboxylic acids is 1. The molecular weight excluding hydrogens is 262 g/mol. The van der Waals surface area contributed by atoms with Gasteiger partial charge >= 0.3 is 0 Å². The fraction of sp³-hybridized carbons (Fsp3) is 0.611. The summed E-state index contributed by atoms with van der Waals surface area (Å²) in [7, 11) is 0. The number of hydrogen-bond acceptors (Lipinski definition) is 2. The zero-order valence-corrected chi connectivity index (χ0v) is 13.1. The molecule has 116 valence electrons. The molecule has 0 unspecified atom stereocenters. The molecular formula is C18H27NO2. The number of rotatable bonds is 6. The van der Waals surface area contributed by atoms with Crippen LogP contribution in [0.1, 0.15) is 43.7 Å². The van der Waals surface area contributed by atoms with Crippen molar-refractivity contribution < 1.29 is 9.90 Å². The number of benzene rings is 1. The zero-order valence-electron chi connectivity index (χ0n) is 13.1. The lowest BCUT2D eigenvalue weighted by Crippen LogP contribution is -2.40. The van der Waals surface area contributed by atoms with Crippen molar-refractivity contribution in [1.29, 1.82) is 0 Å². The molecule has 1 N–H and O–H groups in total. The molecule has 0 spiro atoms. The summed E-state index contributed by atoms with van der Waals surface area (Å²) in [4.78, 5) is 14.2. The third-order valence-corrected chi connectivity index (χ3v) is 4.42. The highest BCUT2D eigenvalue weighted by Gasteiger charge is 2.22. The van der Waals surface area contributed by atoms with E-state index in [1.165, 1.54) is 18.4 Å². The van der Waals surface area contributed by atoms with E-state index in [-0.39, 0.29) is 12.5 Å². The van der Waals surface area contributed by atoms with Gasteiger partial charge in [0, 0.05) is 19.7 Å². The summed E-state index contributed by atoms with van der Waals surface area (Å²) in [6.07, 6.45) is 5.91. The van der Waals surface area contributed by atoms with E-state index in [1.807, 2.05) is 4.90 Å². The van der Waals surface area contributed by atoms with Crippen LogP contribution < -0.4 is 0 Å². The van der Waals surface area contributed by atoms with Gasteiger partial charge in [-0.2, -0.15) is 0 Å². The molecule has 1 aliphatic heterocycles. The number of likely N-dealkylation sites (tertiary alicyclic amines) is 1. The van der Waals surface area contributed by atoms with Gasteiger partial charge in [-0.1, -0.05) is 37.6 Å². The van der Waals surface area contributed by atoms with E-state index in [0.29, 0.717) is 12.3 Å². The molecule has 1 aliphatic rings. The first-order valence-corrected chi connectivity index (χ1v) is 8.19. The molecule has 1 fully saturated rings. The predicted molar refractivity (Wildman–Crippen MR) is 85.1 cm³/mol. The number of hydrogen-bond donors (Lipinski definition) is 1. The maximum atomic E-state index is 12.3. The molecule has 1 aromatic carbocycles. The third kappa shape index (κ3) is 4.85. The van der Waals surface area contributed by atoms with Crippen molar-refractivity contribution in [2.75, 3.05) is 19.7 Å². The molecule has 0 aromatic heterocycles. The highest BCUT2D eigenvalue weighted by Crippen LogP contribution is 2.17.